The number of methoxy groups -OCH3 is 1. The first-order valence-electron chi connectivity index (χ1n) is 6.91. The summed E-state index contributed by atoms with van der Waals surface area (Å²) in [5, 5.41) is 3.55. The van der Waals surface area contributed by atoms with E-state index in [2.05, 4.69) is 29.1 Å². The third kappa shape index (κ3) is 5.00. The van der Waals surface area contributed by atoms with E-state index in [4.69, 9.17) is 4.74 Å². The SMILES string of the molecule is CCCCCC(NCCC)c1cc(OC)ncn1. The Hall–Kier alpha value is -1.16. The molecule has 1 unspecified atom stereocenters. The van der Waals surface area contributed by atoms with Gasteiger partial charge in [-0.1, -0.05) is 33.1 Å². The average Bonchev–Trinajstić information content (AvgIpc) is 2.42. The number of unbranched alkanes of at least 4 members (excludes halogenated alkanes) is 2. The van der Waals surface area contributed by atoms with Crippen LogP contribution in [-0.4, -0.2) is 23.6 Å². The van der Waals surface area contributed by atoms with Gasteiger partial charge in [-0.25, -0.2) is 9.97 Å². The number of nitrogens with one attached hydrogen (secondary N) is 1. The lowest BCUT2D eigenvalue weighted by Gasteiger charge is -2.18. The van der Waals surface area contributed by atoms with Gasteiger partial charge in [-0.3, -0.25) is 0 Å². The van der Waals surface area contributed by atoms with Crippen LogP contribution < -0.4 is 10.1 Å². The molecule has 1 rings (SSSR count). The van der Waals surface area contributed by atoms with E-state index in [1.807, 2.05) is 6.07 Å². The van der Waals surface area contributed by atoms with Crippen LogP contribution in [0.3, 0.4) is 0 Å². The average molecular weight is 251 g/mol. The first-order valence-corrected chi connectivity index (χ1v) is 6.91. The van der Waals surface area contributed by atoms with Gasteiger partial charge >= 0.3 is 0 Å². The lowest BCUT2D eigenvalue weighted by molar-refractivity contribution is 0.392. The summed E-state index contributed by atoms with van der Waals surface area (Å²) >= 11 is 0. The van der Waals surface area contributed by atoms with Gasteiger partial charge in [-0.2, -0.15) is 0 Å². The molecule has 4 heteroatoms. The van der Waals surface area contributed by atoms with Gasteiger partial charge in [0.25, 0.3) is 0 Å². The second kappa shape index (κ2) is 8.86. The number of rotatable bonds is 9. The Morgan fingerprint density at radius 3 is 2.72 bits per heavy atom. The van der Waals surface area contributed by atoms with E-state index < -0.39 is 0 Å². The van der Waals surface area contributed by atoms with Crippen molar-refractivity contribution in [2.75, 3.05) is 13.7 Å². The van der Waals surface area contributed by atoms with E-state index in [1.54, 1.807) is 13.4 Å². The Labute approximate surface area is 110 Å². The molecule has 0 saturated carbocycles. The Kier molecular flexibility index (Phi) is 7.34. The standard InChI is InChI=1S/C14H25N3O/c1-4-6-7-8-12(15-9-5-2)13-10-14(18-3)17-11-16-13/h10-12,15H,4-9H2,1-3H3. The second-order valence-electron chi connectivity index (χ2n) is 4.49. The number of ether oxygens (including phenoxy) is 1. The number of nitrogens with zero attached hydrogens (tertiary/aromatic N) is 2. The number of hydrogen-bond acceptors (Lipinski definition) is 4. The van der Waals surface area contributed by atoms with Crippen molar-refractivity contribution < 1.29 is 4.74 Å². The maximum absolute atomic E-state index is 5.16. The van der Waals surface area contributed by atoms with Gasteiger partial charge in [-0.05, 0) is 19.4 Å². The number of aromatic nitrogens is 2. The molecule has 102 valence electrons. The molecule has 1 aromatic heterocycles. The van der Waals surface area contributed by atoms with Crippen molar-refractivity contribution in [2.45, 2.75) is 52.0 Å². The molecule has 1 N–H and O–H groups in total. The summed E-state index contributed by atoms with van der Waals surface area (Å²) in [7, 11) is 1.64. The van der Waals surface area contributed by atoms with Crippen LogP contribution in [0, 0.1) is 0 Å². The van der Waals surface area contributed by atoms with Crippen molar-refractivity contribution in [3.8, 4) is 5.88 Å². The summed E-state index contributed by atoms with van der Waals surface area (Å²) in [5.41, 5.74) is 1.03. The largest absolute Gasteiger partial charge is 0.481 e. The maximum atomic E-state index is 5.16. The number of hydrogen-bond donors (Lipinski definition) is 1. The molecular weight excluding hydrogens is 226 g/mol. The van der Waals surface area contributed by atoms with Crippen molar-refractivity contribution in [3.63, 3.8) is 0 Å². The maximum Gasteiger partial charge on any atom is 0.216 e. The molecule has 18 heavy (non-hydrogen) atoms. The molecule has 0 aliphatic heterocycles. The lowest BCUT2D eigenvalue weighted by atomic mass is 10.0. The van der Waals surface area contributed by atoms with Crippen LogP contribution in [0.2, 0.25) is 0 Å². The summed E-state index contributed by atoms with van der Waals surface area (Å²) < 4.78 is 5.16. The van der Waals surface area contributed by atoms with Gasteiger partial charge in [0, 0.05) is 12.1 Å². The zero-order valence-electron chi connectivity index (χ0n) is 11.8. The molecule has 1 aromatic rings. The summed E-state index contributed by atoms with van der Waals surface area (Å²) in [6.45, 7) is 5.42. The Balaban J connectivity index is 2.66. The van der Waals surface area contributed by atoms with Gasteiger partial charge in [0.05, 0.1) is 12.8 Å². The van der Waals surface area contributed by atoms with E-state index in [1.165, 1.54) is 19.3 Å². The highest BCUT2D eigenvalue weighted by Crippen LogP contribution is 2.20. The topological polar surface area (TPSA) is 47.0 Å². The molecule has 0 aromatic carbocycles. The molecular formula is C14H25N3O. The molecule has 1 heterocycles. The molecule has 0 bridgehead atoms. The van der Waals surface area contributed by atoms with E-state index in [0.717, 1.165) is 25.1 Å². The van der Waals surface area contributed by atoms with Gasteiger partial charge in [-0.15, -0.1) is 0 Å². The van der Waals surface area contributed by atoms with Gasteiger partial charge in [0.2, 0.25) is 5.88 Å². The summed E-state index contributed by atoms with van der Waals surface area (Å²) in [5.74, 6) is 0.638. The molecule has 0 fully saturated rings. The molecule has 0 radical (unpaired) electrons. The first-order chi connectivity index (χ1) is 8.81. The van der Waals surface area contributed by atoms with Crippen LogP contribution in [0.25, 0.3) is 0 Å². The lowest BCUT2D eigenvalue weighted by Crippen LogP contribution is -2.23. The molecule has 0 aliphatic carbocycles. The minimum Gasteiger partial charge on any atom is -0.481 e. The zero-order chi connectivity index (χ0) is 13.2. The van der Waals surface area contributed by atoms with E-state index in [0.29, 0.717) is 11.9 Å². The van der Waals surface area contributed by atoms with E-state index >= 15 is 0 Å². The van der Waals surface area contributed by atoms with Crippen molar-refractivity contribution in [2.24, 2.45) is 0 Å². The van der Waals surface area contributed by atoms with Crippen LogP contribution >= 0.6 is 0 Å². The van der Waals surface area contributed by atoms with Gasteiger partial charge < -0.3 is 10.1 Å². The Bertz CT molecular complexity index is 331. The molecule has 0 amide bonds. The predicted octanol–water partition coefficient (Wildman–Crippen LogP) is 3.11. The summed E-state index contributed by atoms with van der Waals surface area (Å²) in [4.78, 5) is 8.42. The highest BCUT2D eigenvalue weighted by Gasteiger charge is 2.12. The quantitative estimate of drug-likeness (QED) is 0.685. The first kappa shape index (κ1) is 14.9. The third-order valence-corrected chi connectivity index (χ3v) is 2.97. The fraction of sp³-hybridized carbons (Fsp3) is 0.714. The zero-order valence-corrected chi connectivity index (χ0v) is 11.8. The highest BCUT2D eigenvalue weighted by atomic mass is 16.5. The van der Waals surface area contributed by atoms with Crippen LogP contribution in [0.1, 0.15) is 57.7 Å². The van der Waals surface area contributed by atoms with Crippen molar-refractivity contribution in [1.29, 1.82) is 0 Å². The Morgan fingerprint density at radius 1 is 1.22 bits per heavy atom. The van der Waals surface area contributed by atoms with Gasteiger partial charge in [0.15, 0.2) is 0 Å². The fourth-order valence-electron chi connectivity index (χ4n) is 1.93. The van der Waals surface area contributed by atoms with Crippen LogP contribution in [0.4, 0.5) is 0 Å². The summed E-state index contributed by atoms with van der Waals surface area (Å²) in [6, 6.07) is 2.24. The monoisotopic (exact) mass is 251 g/mol. The smallest absolute Gasteiger partial charge is 0.216 e. The van der Waals surface area contributed by atoms with Crippen LogP contribution in [0.15, 0.2) is 12.4 Å². The van der Waals surface area contributed by atoms with E-state index in [9.17, 15) is 0 Å². The minimum absolute atomic E-state index is 0.313. The molecule has 4 nitrogen and oxygen atoms in total. The second-order valence-corrected chi connectivity index (χ2v) is 4.49. The molecule has 0 spiro atoms. The molecule has 0 saturated heterocycles. The molecule has 0 aliphatic rings. The third-order valence-electron chi connectivity index (χ3n) is 2.97. The van der Waals surface area contributed by atoms with Crippen LogP contribution in [-0.2, 0) is 0 Å². The van der Waals surface area contributed by atoms with Crippen molar-refractivity contribution in [1.82, 2.24) is 15.3 Å². The molecule has 1 atom stereocenters. The highest BCUT2D eigenvalue weighted by molar-refractivity contribution is 5.16. The minimum atomic E-state index is 0.313. The summed E-state index contributed by atoms with van der Waals surface area (Å²) in [6.07, 6.45) is 7.57. The van der Waals surface area contributed by atoms with Gasteiger partial charge in [0.1, 0.15) is 6.33 Å². The van der Waals surface area contributed by atoms with Crippen LogP contribution in [0.5, 0.6) is 5.88 Å². The van der Waals surface area contributed by atoms with E-state index in [-0.39, 0.29) is 0 Å². The Morgan fingerprint density at radius 2 is 2.06 bits per heavy atom. The predicted molar refractivity (Wildman–Crippen MR) is 73.8 cm³/mol. The van der Waals surface area contributed by atoms with Crippen molar-refractivity contribution in [3.05, 3.63) is 18.1 Å². The fourth-order valence-corrected chi connectivity index (χ4v) is 1.93. The normalized spacial score (nSPS) is 12.4. The van der Waals surface area contributed by atoms with Crippen molar-refractivity contribution >= 4 is 0 Å².